The van der Waals surface area contributed by atoms with E-state index in [1.54, 1.807) is 6.07 Å². The highest BCUT2D eigenvalue weighted by molar-refractivity contribution is 7.89. The predicted octanol–water partition coefficient (Wildman–Crippen LogP) is 1.28. The molecule has 0 saturated carbocycles. The third-order valence-electron chi connectivity index (χ3n) is 2.21. The van der Waals surface area contributed by atoms with Crippen LogP contribution in [0, 0.1) is 0 Å². The van der Waals surface area contributed by atoms with Gasteiger partial charge in [0.25, 0.3) is 0 Å². The lowest BCUT2D eigenvalue weighted by molar-refractivity contribution is 0.573. The summed E-state index contributed by atoms with van der Waals surface area (Å²) < 4.78 is 21.5. The average molecular weight is 263 g/mol. The molecule has 0 saturated heterocycles. The van der Waals surface area contributed by atoms with Crippen molar-refractivity contribution >= 4 is 21.6 Å². The number of hydrogen-bond donors (Lipinski definition) is 2. The van der Waals surface area contributed by atoms with E-state index in [0.717, 1.165) is 5.56 Å². The van der Waals surface area contributed by atoms with E-state index in [0.29, 0.717) is 11.6 Å². The van der Waals surface area contributed by atoms with Gasteiger partial charge in [-0.25, -0.2) is 13.6 Å². The van der Waals surface area contributed by atoms with E-state index in [2.05, 4.69) is 5.32 Å². The van der Waals surface area contributed by atoms with Crippen molar-refractivity contribution in [2.24, 2.45) is 5.14 Å². The Hall–Kier alpha value is -0.620. The summed E-state index contributed by atoms with van der Waals surface area (Å²) in [5.74, 6) is -0.0816. The van der Waals surface area contributed by atoms with Gasteiger partial charge >= 0.3 is 0 Å². The molecular weight excluding hydrogens is 248 g/mol. The van der Waals surface area contributed by atoms with Gasteiger partial charge in [0.15, 0.2) is 0 Å². The normalized spacial score (nSPS) is 13.7. The summed E-state index contributed by atoms with van der Waals surface area (Å²) in [5.41, 5.74) is 0.943. The van der Waals surface area contributed by atoms with Gasteiger partial charge in [0.05, 0.1) is 5.75 Å². The van der Waals surface area contributed by atoms with Crippen LogP contribution < -0.4 is 10.5 Å². The van der Waals surface area contributed by atoms with E-state index in [-0.39, 0.29) is 11.8 Å². The zero-order valence-corrected chi connectivity index (χ0v) is 10.6. The smallest absolute Gasteiger partial charge is 0.210 e. The lowest BCUT2D eigenvalue weighted by atomic mass is 10.1. The van der Waals surface area contributed by atoms with Gasteiger partial charge < -0.3 is 5.32 Å². The van der Waals surface area contributed by atoms with E-state index in [4.69, 9.17) is 16.7 Å². The molecule has 1 unspecified atom stereocenters. The first-order valence-corrected chi connectivity index (χ1v) is 6.98. The summed E-state index contributed by atoms with van der Waals surface area (Å²) in [6.07, 6.45) is 0. The van der Waals surface area contributed by atoms with Crippen LogP contribution in [0.3, 0.4) is 0 Å². The van der Waals surface area contributed by atoms with Gasteiger partial charge in [0.1, 0.15) is 0 Å². The van der Waals surface area contributed by atoms with Crippen molar-refractivity contribution in [1.29, 1.82) is 0 Å². The number of sulfonamides is 1. The number of benzene rings is 1. The number of nitrogens with two attached hydrogens (primary N) is 1. The first kappa shape index (κ1) is 13.4. The molecule has 90 valence electrons. The third-order valence-corrected chi connectivity index (χ3v) is 3.33. The molecule has 0 amide bonds. The summed E-state index contributed by atoms with van der Waals surface area (Å²) in [5, 5.41) is 8.61. The minimum Gasteiger partial charge on any atom is -0.309 e. The summed E-state index contributed by atoms with van der Waals surface area (Å²) in [6.45, 7) is 2.23. The minimum atomic E-state index is -3.41. The second-order valence-electron chi connectivity index (χ2n) is 3.56. The van der Waals surface area contributed by atoms with Crippen LogP contribution in [-0.4, -0.2) is 20.7 Å². The fraction of sp³-hybridized carbons (Fsp3) is 0.400. The van der Waals surface area contributed by atoms with Gasteiger partial charge in [-0.15, -0.1) is 0 Å². The second kappa shape index (κ2) is 5.63. The molecule has 1 aromatic carbocycles. The molecule has 0 aliphatic rings. The summed E-state index contributed by atoms with van der Waals surface area (Å²) in [7, 11) is -3.41. The van der Waals surface area contributed by atoms with Crippen LogP contribution in [0.2, 0.25) is 5.02 Å². The Bertz CT molecular complexity index is 448. The Balaban J connectivity index is 2.54. The van der Waals surface area contributed by atoms with Gasteiger partial charge in [-0.2, -0.15) is 0 Å². The SMILES string of the molecule is CC(NCCS(N)(=O)=O)c1ccccc1Cl. The largest absolute Gasteiger partial charge is 0.309 e. The fourth-order valence-corrected chi connectivity index (χ4v) is 2.06. The van der Waals surface area contributed by atoms with Crippen molar-refractivity contribution in [3.8, 4) is 0 Å². The minimum absolute atomic E-state index is 0.00421. The maximum absolute atomic E-state index is 10.7. The van der Waals surface area contributed by atoms with E-state index < -0.39 is 10.0 Å². The second-order valence-corrected chi connectivity index (χ2v) is 5.71. The molecule has 6 heteroatoms. The highest BCUT2D eigenvalue weighted by Gasteiger charge is 2.09. The van der Waals surface area contributed by atoms with E-state index >= 15 is 0 Å². The molecule has 1 aromatic rings. The lowest BCUT2D eigenvalue weighted by Gasteiger charge is -2.15. The van der Waals surface area contributed by atoms with Crippen molar-refractivity contribution in [2.45, 2.75) is 13.0 Å². The van der Waals surface area contributed by atoms with Crippen molar-refractivity contribution in [1.82, 2.24) is 5.32 Å². The number of primary sulfonamides is 1. The van der Waals surface area contributed by atoms with Crippen LogP contribution in [0.5, 0.6) is 0 Å². The van der Waals surface area contributed by atoms with Gasteiger partial charge in [0.2, 0.25) is 10.0 Å². The van der Waals surface area contributed by atoms with E-state index in [1.807, 2.05) is 25.1 Å². The Labute approximate surface area is 101 Å². The van der Waals surface area contributed by atoms with Crippen molar-refractivity contribution in [3.05, 3.63) is 34.9 Å². The first-order valence-electron chi connectivity index (χ1n) is 4.88. The van der Waals surface area contributed by atoms with Crippen LogP contribution in [0.25, 0.3) is 0 Å². The molecule has 0 aromatic heterocycles. The molecule has 0 aliphatic heterocycles. The van der Waals surface area contributed by atoms with Crippen LogP contribution in [0.4, 0.5) is 0 Å². The summed E-state index contributed by atoms with van der Waals surface area (Å²) in [6, 6.07) is 7.43. The zero-order valence-electron chi connectivity index (χ0n) is 8.98. The number of rotatable bonds is 5. The third kappa shape index (κ3) is 4.49. The Morgan fingerprint density at radius 3 is 2.62 bits per heavy atom. The van der Waals surface area contributed by atoms with Crippen LogP contribution in [0.1, 0.15) is 18.5 Å². The number of hydrogen-bond acceptors (Lipinski definition) is 3. The predicted molar refractivity (Wildman–Crippen MR) is 65.8 cm³/mol. The van der Waals surface area contributed by atoms with Crippen molar-refractivity contribution in [3.63, 3.8) is 0 Å². The number of halogens is 1. The molecule has 0 fully saturated rings. The van der Waals surface area contributed by atoms with Crippen molar-refractivity contribution in [2.75, 3.05) is 12.3 Å². The van der Waals surface area contributed by atoms with Gasteiger partial charge in [-0.05, 0) is 18.6 Å². The molecule has 0 aliphatic carbocycles. The van der Waals surface area contributed by atoms with Gasteiger partial charge in [-0.3, -0.25) is 0 Å². The average Bonchev–Trinajstić information content (AvgIpc) is 2.16. The van der Waals surface area contributed by atoms with E-state index in [9.17, 15) is 8.42 Å². The molecule has 4 nitrogen and oxygen atoms in total. The first-order chi connectivity index (χ1) is 7.40. The molecule has 0 heterocycles. The molecule has 1 rings (SSSR count). The Morgan fingerprint density at radius 2 is 2.06 bits per heavy atom. The topological polar surface area (TPSA) is 72.2 Å². The molecule has 0 bridgehead atoms. The highest BCUT2D eigenvalue weighted by Crippen LogP contribution is 2.21. The lowest BCUT2D eigenvalue weighted by Crippen LogP contribution is -2.29. The zero-order chi connectivity index (χ0) is 12.2. The Morgan fingerprint density at radius 1 is 1.44 bits per heavy atom. The quantitative estimate of drug-likeness (QED) is 0.840. The van der Waals surface area contributed by atoms with E-state index in [1.165, 1.54) is 0 Å². The maximum Gasteiger partial charge on any atom is 0.210 e. The Kier molecular flexibility index (Phi) is 4.73. The van der Waals surface area contributed by atoms with Crippen LogP contribution in [0.15, 0.2) is 24.3 Å². The molecule has 16 heavy (non-hydrogen) atoms. The van der Waals surface area contributed by atoms with Crippen molar-refractivity contribution < 1.29 is 8.42 Å². The standard InChI is InChI=1S/C10H15ClN2O2S/c1-8(13-6-7-16(12,14)15)9-4-2-3-5-10(9)11/h2-5,8,13H,6-7H2,1H3,(H2,12,14,15). The van der Waals surface area contributed by atoms with Gasteiger partial charge in [0, 0.05) is 17.6 Å². The molecular formula is C10H15ClN2O2S. The molecule has 1 atom stereocenters. The monoisotopic (exact) mass is 262 g/mol. The summed E-state index contributed by atoms with van der Waals surface area (Å²) >= 11 is 6.01. The molecule has 3 N–H and O–H groups in total. The maximum atomic E-state index is 10.7. The highest BCUT2D eigenvalue weighted by atomic mass is 35.5. The fourth-order valence-electron chi connectivity index (χ4n) is 1.35. The van der Waals surface area contributed by atoms with Crippen LogP contribution >= 0.6 is 11.6 Å². The van der Waals surface area contributed by atoms with Gasteiger partial charge in [-0.1, -0.05) is 29.8 Å². The molecule has 0 spiro atoms. The summed E-state index contributed by atoms with van der Waals surface area (Å²) in [4.78, 5) is 0. The molecule has 0 radical (unpaired) electrons. The van der Waals surface area contributed by atoms with Crippen LogP contribution in [-0.2, 0) is 10.0 Å². The number of nitrogens with one attached hydrogen (secondary N) is 1.